The predicted octanol–water partition coefficient (Wildman–Crippen LogP) is 20.9. The SMILES string of the molecule is CC/C=C\C/C=C\C/C=C\C/C=C\CCCCCCCCCCCCCCCCCCCCCCCCCCC(=O)OC(COC(=O)CCCCCCCCCCC/C=C\C/C=C\CCCCC)COC(OCC[N+](C)(C)C)C(=O)O. The summed E-state index contributed by atoms with van der Waals surface area (Å²) in [6.07, 6.45) is 80.2. The quantitative estimate of drug-likeness (QED) is 0.0211. The highest BCUT2D eigenvalue weighted by Crippen LogP contribution is 2.18. The molecule has 470 valence electrons. The zero-order chi connectivity index (χ0) is 59.1. The Bertz CT molecular complexity index is 1560. The molecule has 0 aromatic carbocycles. The fourth-order valence-corrected chi connectivity index (χ4v) is 9.74. The van der Waals surface area contributed by atoms with Crippen molar-refractivity contribution in [1.29, 1.82) is 0 Å². The first-order valence-corrected chi connectivity index (χ1v) is 34.1. The molecule has 1 N–H and O–H groups in total. The molecule has 0 spiro atoms. The van der Waals surface area contributed by atoms with E-state index in [1.54, 1.807) is 0 Å². The molecule has 0 bridgehead atoms. The molecule has 9 nitrogen and oxygen atoms in total. The number of carboxylic acid groups (broad SMARTS) is 1. The van der Waals surface area contributed by atoms with Crippen LogP contribution in [0.1, 0.15) is 309 Å². The van der Waals surface area contributed by atoms with Gasteiger partial charge < -0.3 is 28.5 Å². The number of hydrogen-bond acceptors (Lipinski definition) is 7. The maximum Gasteiger partial charge on any atom is 0.361 e. The van der Waals surface area contributed by atoms with Crippen LogP contribution < -0.4 is 0 Å². The van der Waals surface area contributed by atoms with Gasteiger partial charge in [-0.3, -0.25) is 9.59 Å². The smallest absolute Gasteiger partial charge is 0.361 e. The summed E-state index contributed by atoms with van der Waals surface area (Å²) in [4.78, 5) is 37.5. The van der Waals surface area contributed by atoms with E-state index < -0.39 is 24.3 Å². The molecule has 0 amide bonds. The molecule has 0 aromatic rings. The largest absolute Gasteiger partial charge is 0.477 e. The molecule has 2 unspecified atom stereocenters. The number of carbonyl (C=O) groups is 3. The van der Waals surface area contributed by atoms with Gasteiger partial charge >= 0.3 is 17.9 Å². The molecule has 0 heterocycles. The van der Waals surface area contributed by atoms with Gasteiger partial charge in [-0.1, -0.05) is 286 Å². The van der Waals surface area contributed by atoms with Crippen LogP contribution in [0.4, 0.5) is 0 Å². The first-order chi connectivity index (χ1) is 39.6. The molecule has 2 atom stereocenters. The van der Waals surface area contributed by atoms with Crippen LogP contribution in [-0.4, -0.2) is 87.4 Å². The van der Waals surface area contributed by atoms with E-state index in [4.69, 9.17) is 18.9 Å². The van der Waals surface area contributed by atoms with E-state index in [-0.39, 0.29) is 32.2 Å². The first-order valence-electron chi connectivity index (χ1n) is 34.1. The van der Waals surface area contributed by atoms with Crippen LogP contribution in [0.3, 0.4) is 0 Å². The Morgan fingerprint density at radius 3 is 1.05 bits per heavy atom. The number of ether oxygens (including phenoxy) is 4. The van der Waals surface area contributed by atoms with E-state index in [0.717, 1.165) is 70.6 Å². The maximum absolute atomic E-state index is 12.9. The maximum atomic E-state index is 12.9. The second-order valence-electron chi connectivity index (χ2n) is 24.1. The zero-order valence-corrected chi connectivity index (χ0v) is 53.7. The Morgan fingerprint density at radius 1 is 0.383 bits per heavy atom. The van der Waals surface area contributed by atoms with Crippen molar-refractivity contribution < 1.29 is 42.9 Å². The van der Waals surface area contributed by atoms with Crippen LogP contribution in [0.5, 0.6) is 0 Å². The molecule has 81 heavy (non-hydrogen) atoms. The van der Waals surface area contributed by atoms with Gasteiger partial charge in [-0.25, -0.2) is 4.79 Å². The van der Waals surface area contributed by atoms with Gasteiger partial charge in [0.25, 0.3) is 6.29 Å². The van der Waals surface area contributed by atoms with E-state index in [1.165, 1.54) is 212 Å². The number of nitrogens with zero attached hydrogens (tertiary/aromatic N) is 1. The molecule has 0 aliphatic carbocycles. The molecular weight excluding hydrogens is 1010 g/mol. The summed E-state index contributed by atoms with van der Waals surface area (Å²) in [7, 11) is 5.98. The summed E-state index contributed by atoms with van der Waals surface area (Å²) in [5.41, 5.74) is 0. The van der Waals surface area contributed by atoms with E-state index in [2.05, 4.69) is 86.8 Å². The molecule has 0 aromatic heterocycles. The molecule has 0 aliphatic heterocycles. The third-order valence-corrected chi connectivity index (χ3v) is 14.9. The van der Waals surface area contributed by atoms with Crippen molar-refractivity contribution in [2.24, 2.45) is 0 Å². The van der Waals surface area contributed by atoms with Crippen molar-refractivity contribution in [3.8, 4) is 0 Å². The standard InChI is InChI=1S/C72H129NO8/c1-6-8-10-12-14-16-18-20-22-24-26-27-28-29-30-31-32-33-34-35-36-37-38-39-40-41-42-43-45-47-49-51-53-55-57-59-61-63-70(75)81-68(67-80-72(71(76)77)78-65-64-73(3,4)5)66-79-69(74)62-60-58-56-54-52-50-48-46-44-25-23-21-19-17-15-13-11-9-7-2/h8,10,14-17,20-23,26-27,68,72H,6-7,9,11-13,18-19,24-25,28-67H2,1-5H3/p+1/b10-8-,16-14-,17-15-,22-20-,23-21-,27-26-. The topological polar surface area (TPSA) is 108 Å². The Kier molecular flexibility index (Phi) is 60.2. The minimum absolute atomic E-state index is 0.182. The normalized spacial score (nSPS) is 13.1. The average molecular weight is 1140 g/mol. The zero-order valence-electron chi connectivity index (χ0n) is 53.7. The minimum Gasteiger partial charge on any atom is -0.477 e. The number of hydrogen-bond donors (Lipinski definition) is 1. The number of allylic oxidation sites excluding steroid dienone is 12. The summed E-state index contributed by atoms with van der Waals surface area (Å²) in [5, 5.41) is 9.73. The van der Waals surface area contributed by atoms with Gasteiger partial charge in [0, 0.05) is 12.8 Å². The fourth-order valence-electron chi connectivity index (χ4n) is 9.74. The van der Waals surface area contributed by atoms with Crippen molar-refractivity contribution in [2.75, 3.05) is 47.5 Å². The van der Waals surface area contributed by atoms with Gasteiger partial charge in [0.2, 0.25) is 0 Å². The van der Waals surface area contributed by atoms with Crippen LogP contribution in [0, 0.1) is 0 Å². The summed E-state index contributed by atoms with van der Waals surface area (Å²) < 4.78 is 23.0. The molecule has 0 radical (unpaired) electrons. The van der Waals surface area contributed by atoms with Crippen molar-refractivity contribution in [1.82, 2.24) is 0 Å². The lowest BCUT2D eigenvalue weighted by molar-refractivity contribution is -0.870. The summed E-state index contributed by atoms with van der Waals surface area (Å²) in [6.45, 7) is 4.77. The number of carbonyl (C=O) groups excluding carboxylic acids is 2. The third kappa shape index (κ3) is 64.1. The number of esters is 2. The molecule has 9 heteroatoms. The average Bonchev–Trinajstić information content (AvgIpc) is 3.44. The lowest BCUT2D eigenvalue weighted by atomic mass is 10.0. The molecule has 0 saturated carbocycles. The summed E-state index contributed by atoms with van der Waals surface area (Å²) >= 11 is 0. The summed E-state index contributed by atoms with van der Waals surface area (Å²) in [5.74, 6) is -1.99. The lowest BCUT2D eigenvalue weighted by Crippen LogP contribution is -2.40. The van der Waals surface area contributed by atoms with E-state index in [1.807, 2.05) is 21.1 Å². The summed E-state index contributed by atoms with van der Waals surface area (Å²) in [6, 6.07) is 0. The van der Waals surface area contributed by atoms with Crippen LogP contribution in [0.25, 0.3) is 0 Å². The number of aliphatic carboxylic acids is 1. The molecule has 0 fully saturated rings. The van der Waals surface area contributed by atoms with Gasteiger partial charge in [-0.2, -0.15) is 0 Å². The predicted molar refractivity (Wildman–Crippen MR) is 346 cm³/mol. The van der Waals surface area contributed by atoms with Crippen molar-refractivity contribution in [2.45, 2.75) is 322 Å². The third-order valence-electron chi connectivity index (χ3n) is 14.9. The molecule has 0 aliphatic rings. The Hall–Kier alpha value is -3.27. The number of carboxylic acids is 1. The van der Waals surface area contributed by atoms with E-state index in [9.17, 15) is 19.5 Å². The van der Waals surface area contributed by atoms with Crippen LogP contribution in [-0.2, 0) is 33.3 Å². The highest BCUT2D eigenvalue weighted by atomic mass is 16.7. The highest BCUT2D eigenvalue weighted by Gasteiger charge is 2.25. The Morgan fingerprint density at radius 2 is 0.704 bits per heavy atom. The van der Waals surface area contributed by atoms with Gasteiger partial charge in [-0.15, -0.1) is 0 Å². The van der Waals surface area contributed by atoms with Crippen LogP contribution in [0.15, 0.2) is 72.9 Å². The molecular formula is C72H130NO8+. The number of rotatable bonds is 63. The number of likely N-dealkylation sites (N-methyl/N-ethyl adjacent to an activating group) is 1. The van der Waals surface area contributed by atoms with Gasteiger partial charge in [-0.05, 0) is 83.5 Å². The number of unbranched alkanes of at least 4 members (excludes halogenated alkanes) is 36. The second kappa shape index (κ2) is 62.8. The van der Waals surface area contributed by atoms with Crippen LogP contribution >= 0.6 is 0 Å². The fraction of sp³-hybridized carbons (Fsp3) is 0.792. The molecule has 0 rings (SSSR count). The van der Waals surface area contributed by atoms with Gasteiger partial charge in [0.1, 0.15) is 13.2 Å². The second-order valence-corrected chi connectivity index (χ2v) is 24.1. The Balaban J connectivity index is 4.02. The minimum atomic E-state index is -1.51. The number of quaternary nitrogens is 1. The highest BCUT2D eigenvalue weighted by molar-refractivity contribution is 5.71. The van der Waals surface area contributed by atoms with Crippen molar-refractivity contribution in [3.05, 3.63) is 72.9 Å². The van der Waals surface area contributed by atoms with E-state index in [0.29, 0.717) is 17.4 Å². The van der Waals surface area contributed by atoms with Gasteiger partial charge in [0.15, 0.2) is 6.10 Å². The van der Waals surface area contributed by atoms with Crippen LogP contribution in [0.2, 0.25) is 0 Å². The van der Waals surface area contributed by atoms with E-state index >= 15 is 0 Å². The van der Waals surface area contributed by atoms with Crippen molar-refractivity contribution in [3.63, 3.8) is 0 Å². The first kappa shape index (κ1) is 77.7. The Labute approximate surface area is 500 Å². The monoisotopic (exact) mass is 1140 g/mol. The van der Waals surface area contributed by atoms with Crippen molar-refractivity contribution >= 4 is 17.9 Å². The lowest BCUT2D eigenvalue weighted by Gasteiger charge is -2.25. The van der Waals surface area contributed by atoms with Gasteiger partial charge in [0.05, 0.1) is 34.4 Å². The molecule has 0 saturated heterocycles.